The monoisotopic (exact) mass is 248 g/mol. The van der Waals surface area contributed by atoms with Crippen LogP contribution in [0.15, 0.2) is 0 Å². The number of hydrogen-bond acceptors (Lipinski definition) is 1. The van der Waals surface area contributed by atoms with Crippen molar-refractivity contribution in [1.29, 1.82) is 0 Å². The molecule has 0 aliphatic heterocycles. The van der Waals surface area contributed by atoms with Crippen LogP contribution in [0, 0.1) is 0 Å². The number of unbranched alkanes of at least 4 members (excludes halogenated alkanes) is 3. The molecule has 0 fully saturated rings. The summed E-state index contributed by atoms with van der Waals surface area (Å²) >= 11 is 3.24. The molecule has 0 amide bonds. The third kappa shape index (κ3) is 10.2. The van der Waals surface area contributed by atoms with Crippen LogP contribution in [0.2, 0.25) is 0 Å². The van der Waals surface area contributed by atoms with Crippen molar-refractivity contribution in [2.24, 2.45) is 0 Å². The van der Waals surface area contributed by atoms with Crippen molar-refractivity contribution in [2.75, 3.05) is 11.9 Å². The highest BCUT2D eigenvalue weighted by Gasteiger charge is 2.28. The predicted octanol–water partition coefficient (Wildman–Crippen LogP) is 3.48. The molecule has 0 aromatic heterocycles. The van der Waals surface area contributed by atoms with Crippen LogP contribution in [0.1, 0.15) is 25.7 Å². The molecule has 1 nitrogen and oxygen atoms in total. The zero-order chi connectivity index (χ0) is 9.45. The normalized spacial score (nSPS) is 12.0. The van der Waals surface area contributed by atoms with E-state index in [0.717, 1.165) is 24.6 Å². The highest BCUT2D eigenvalue weighted by Crippen LogP contribution is 2.16. The number of hydrogen-bond donors (Lipinski definition) is 0. The zero-order valence-electron chi connectivity index (χ0n) is 6.66. The van der Waals surface area contributed by atoms with Crippen LogP contribution in [-0.4, -0.2) is 18.3 Å². The second-order valence-electron chi connectivity index (χ2n) is 2.40. The highest BCUT2D eigenvalue weighted by molar-refractivity contribution is 9.09. The fourth-order valence-electron chi connectivity index (χ4n) is 0.738. The van der Waals surface area contributed by atoms with Crippen LogP contribution in [0.5, 0.6) is 0 Å². The van der Waals surface area contributed by atoms with Crippen molar-refractivity contribution < 1.29 is 17.9 Å². The first-order valence-electron chi connectivity index (χ1n) is 3.83. The zero-order valence-corrected chi connectivity index (χ0v) is 8.25. The van der Waals surface area contributed by atoms with E-state index in [1.165, 1.54) is 0 Å². The maximum atomic E-state index is 11.4. The molecule has 0 aliphatic carbocycles. The van der Waals surface area contributed by atoms with Gasteiger partial charge in [0.2, 0.25) is 0 Å². The van der Waals surface area contributed by atoms with Crippen molar-refractivity contribution in [2.45, 2.75) is 32.0 Å². The number of rotatable bonds is 6. The van der Waals surface area contributed by atoms with E-state index >= 15 is 0 Å². The highest BCUT2D eigenvalue weighted by atomic mass is 79.9. The molecule has 0 N–H and O–H groups in total. The summed E-state index contributed by atoms with van der Waals surface area (Å²) in [5.74, 6) is 0. The Morgan fingerprint density at radius 1 is 1.00 bits per heavy atom. The molecular weight excluding hydrogens is 237 g/mol. The Balaban J connectivity index is 3.01. The maximum absolute atomic E-state index is 11.4. The van der Waals surface area contributed by atoms with Gasteiger partial charge < -0.3 is 0 Å². The van der Waals surface area contributed by atoms with Gasteiger partial charge in [-0.15, -0.1) is 13.2 Å². The molecule has 12 heavy (non-hydrogen) atoms. The van der Waals surface area contributed by atoms with E-state index in [4.69, 9.17) is 0 Å². The molecule has 0 bridgehead atoms. The summed E-state index contributed by atoms with van der Waals surface area (Å²) in [5.41, 5.74) is 0. The number of ether oxygens (including phenoxy) is 1. The summed E-state index contributed by atoms with van der Waals surface area (Å²) in [6, 6.07) is 0. The van der Waals surface area contributed by atoms with Gasteiger partial charge in [-0.2, -0.15) is 0 Å². The van der Waals surface area contributed by atoms with E-state index in [0.29, 0.717) is 6.42 Å². The predicted molar refractivity (Wildman–Crippen MR) is 44.3 cm³/mol. The van der Waals surface area contributed by atoms with Gasteiger partial charge in [0.1, 0.15) is 0 Å². The maximum Gasteiger partial charge on any atom is 0.522 e. The van der Waals surface area contributed by atoms with Crippen molar-refractivity contribution >= 4 is 15.9 Å². The van der Waals surface area contributed by atoms with Crippen molar-refractivity contribution in [1.82, 2.24) is 0 Å². The third-order valence-corrected chi connectivity index (χ3v) is 1.85. The third-order valence-electron chi connectivity index (χ3n) is 1.29. The number of halogens is 4. The summed E-state index contributed by atoms with van der Waals surface area (Å²) in [7, 11) is 0. The quantitative estimate of drug-likeness (QED) is 0.517. The number of alkyl halides is 4. The molecule has 0 aromatic carbocycles. The van der Waals surface area contributed by atoms with Crippen LogP contribution in [0.25, 0.3) is 0 Å². The van der Waals surface area contributed by atoms with Gasteiger partial charge in [0.05, 0.1) is 6.61 Å². The van der Waals surface area contributed by atoms with Gasteiger partial charge in [-0.05, 0) is 12.8 Å². The van der Waals surface area contributed by atoms with Crippen LogP contribution in [0.4, 0.5) is 13.2 Å². The summed E-state index contributed by atoms with van der Waals surface area (Å²) in [6.45, 7) is -0.216. The minimum absolute atomic E-state index is 0.216. The van der Waals surface area contributed by atoms with Crippen LogP contribution >= 0.6 is 15.9 Å². The minimum Gasteiger partial charge on any atom is -0.292 e. The summed E-state index contributed by atoms with van der Waals surface area (Å²) < 4.78 is 37.8. The Morgan fingerprint density at radius 2 is 1.58 bits per heavy atom. The van der Waals surface area contributed by atoms with E-state index in [1.54, 1.807) is 0 Å². The van der Waals surface area contributed by atoms with E-state index < -0.39 is 6.36 Å². The largest absolute Gasteiger partial charge is 0.522 e. The average molecular weight is 249 g/mol. The average Bonchev–Trinajstić information content (AvgIpc) is 1.94. The van der Waals surface area contributed by atoms with Gasteiger partial charge >= 0.3 is 6.36 Å². The van der Waals surface area contributed by atoms with Crippen molar-refractivity contribution in [3.63, 3.8) is 0 Å². The Labute approximate surface area is 78.4 Å². The smallest absolute Gasteiger partial charge is 0.292 e. The Morgan fingerprint density at radius 3 is 2.08 bits per heavy atom. The fourth-order valence-corrected chi connectivity index (χ4v) is 1.13. The lowest BCUT2D eigenvalue weighted by Gasteiger charge is -2.06. The molecule has 0 spiro atoms. The van der Waals surface area contributed by atoms with E-state index in [9.17, 15) is 13.2 Å². The second kappa shape index (κ2) is 6.71. The fraction of sp³-hybridized carbons (Fsp3) is 1.00. The molecule has 0 aromatic rings. The molecule has 5 heteroatoms. The van der Waals surface area contributed by atoms with E-state index in [-0.39, 0.29) is 6.61 Å². The Kier molecular flexibility index (Phi) is 6.84. The molecule has 0 saturated heterocycles. The molecule has 0 unspecified atom stereocenters. The summed E-state index contributed by atoms with van der Waals surface area (Å²) in [5, 5.41) is 0.910. The molecule has 0 rings (SSSR count). The second-order valence-corrected chi connectivity index (χ2v) is 3.19. The molecule has 74 valence electrons. The molecular formula is C7H12BrF3O. The Hall–Kier alpha value is 0.230. The van der Waals surface area contributed by atoms with Crippen molar-refractivity contribution in [3.8, 4) is 0 Å². The molecule has 0 aliphatic rings. The molecule has 0 atom stereocenters. The SMILES string of the molecule is FC(F)(F)OCCCCCCBr. The van der Waals surface area contributed by atoms with E-state index in [2.05, 4.69) is 20.7 Å². The lowest BCUT2D eigenvalue weighted by atomic mass is 10.2. The topological polar surface area (TPSA) is 9.23 Å². The van der Waals surface area contributed by atoms with Gasteiger partial charge in [0.15, 0.2) is 0 Å². The first-order chi connectivity index (χ1) is 5.56. The first kappa shape index (κ1) is 12.2. The Bertz CT molecular complexity index is 105. The molecule has 0 heterocycles. The van der Waals surface area contributed by atoms with Crippen LogP contribution < -0.4 is 0 Å². The van der Waals surface area contributed by atoms with Crippen LogP contribution in [0.3, 0.4) is 0 Å². The molecule has 0 radical (unpaired) electrons. The lowest BCUT2D eigenvalue weighted by Crippen LogP contribution is -2.13. The van der Waals surface area contributed by atoms with E-state index in [1.807, 2.05) is 0 Å². The van der Waals surface area contributed by atoms with Gasteiger partial charge in [-0.3, -0.25) is 4.74 Å². The molecule has 0 saturated carbocycles. The first-order valence-corrected chi connectivity index (χ1v) is 4.95. The summed E-state index contributed by atoms with van der Waals surface area (Å²) in [4.78, 5) is 0. The standard InChI is InChI=1S/C7H12BrF3O/c8-5-3-1-2-4-6-12-7(9,10)11/h1-6H2. The minimum atomic E-state index is -4.46. The van der Waals surface area contributed by atoms with Gasteiger partial charge in [-0.1, -0.05) is 28.8 Å². The summed E-state index contributed by atoms with van der Waals surface area (Å²) in [6.07, 6.45) is -1.23. The van der Waals surface area contributed by atoms with Gasteiger partial charge in [-0.25, -0.2) is 0 Å². The van der Waals surface area contributed by atoms with Gasteiger partial charge in [0, 0.05) is 5.33 Å². The lowest BCUT2D eigenvalue weighted by molar-refractivity contribution is -0.324. The van der Waals surface area contributed by atoms with Crippen molar-refractivity contribution in [3.05, 3.63) is 0 Å². The van der Waals surface area contributed by atoms with Crippen LogP contribution in [-0.2, 0) is 4.74 Å². The van der Waals surface area contributed by atoms with Gasteiger partial charge in [0.25, 0.3) is 0 Å².